The zero-order chi connectivity index (χ0) is 17.4. The number of aliphatic carboxylic acids is 2. The monoisotopic (exact) mass is 418 g/mol. The highest BCUT2D eigenvalue weighted by atomic mass is 79.9. The van der Waals surface area contributed by atoms with Crippen LogP contribution in [0.2, 0.25) is 10.0 Å². The van der Waals surface area contributed by atoms with Crippen molar-refractivity contribution in [3.8, 4) is 0 Å². The zero-order valence-electron chi connectivity index (χ0n) is 11.7. The third-order valence-electron chi connectivity index (χ3n) is 2.69. The molecule has 0 heterocycles. The number of rotatable bonds is 4. The molecular formula is C16H13BrCl2O4. The number of alkyl halides is 1. The standard InChI is InChI=1S/C8H6BrClO2.C8H7ClO2/c9-7(8(11)12)5-3-1-2-4-6(5)10;9-7-4-2-1-3-6(7)5-8(10)11/h1-4,7H,(H,11,12);1-4H,5H2,(H,10,11). The molecule has 0 aliphatic heterocycles. The van der Waals surface area contributed by atoms with Gasteiger partial charge in [-0.2, -0.15) is 0 Å². The minimum atomic E-state index is -0.942. The van der Waals surface area contributed by atoms with Crippen LogP contribution in [0.5, 0.6) is 0 Å². The van der Waals surface area contributed by atoms with Gasteiger partial charge in [0.2, 0.25) is 0 Å². The number of halogens is 3. The Hall–Kier alpha value is -1.56. The fourth-order valence-corrected chi connectivity index (χ4v) is 2.60. The van der Waals surface area contributed by atoms with Gasteiger partial charge in [-0.05, 0) is 23.3 Å². The number of carboxylic acid groups (broad SMARTS) is 2. The smallest absolute Gasteiger partial charge is 0.321 e. The lowest BCUT2D eigenvalue weighted by Gasteiger charge is -2.05. The van der Waals surface area contributed by atoms with Crippen LogP contribution in [-0.2, 0) is 16.0 Å². The maximum Gasteiger partial charge on any atom is 0.321 e. The van der Waals surface area contributed by atoms with Crippen molar-refractivity contribution in [2.45, 2.75) is 11.2 Å². The fraction of sp³-hybridized carbons (Fsp3) is 0.125. The summed E-state index contributed by atoms with van der Waals surface area (Å²) in [6, 6.07) is 13.8. The lowest BCUT2D eigenvalue weighted by Crippen LogP contribution is -2.04. The van der Waals surface area contributed by atoms with Crippen molar-refractivity contribution in [3.63, 3.8) is 0 Å². The predicted octanol–water partition coefficient (Wildman–Crippen LogP) is 4.83. The van der Waals surface area contributed by atoms with Crippen LogP contribution in [0.3, 0.4) is 0 Å². The maximum atomic E-state index is 10.5. The first-order chi connectivity index (χ1) is 10.8. The molecule has 0 aliphatic carbocycles. The quantitative estimate of drug-likeness (QED) is 0.696. The Balaban J connectivity index is 0.000000231. The maximum absolute atomic E-state index is 10.5. The second-order valence-corrected chi connectivity index (χ2v) is 6.11. The van der Waals surface area contributed by atoms with Gasteiger partial charge in [0.1, 0.15) is 4.83 Å². The second-order valence-electron chi connectivity index (χ2n) is 4.38. The molecule has 122 valence electrons. The van der Waals surface area contributed by atoms with E-state index in [1.807, 2.05) is 0 Å². The zero-order valence-corrected chi connectivity index (χ0v) is 14.8. The molecule has 0 radical (unpaired) electrons. The first-order valence-electron chi connectivity index (χ1n) is 6.39. The van der Waals surface area contributed by atoms with E-state index in [1.165, 1.54) is 0 Å². The van der Waals surface area contributed by atoms with Gasteiger partial charge in [-0.3, -0.25) is 9.59 Å². The molecule has 0 bridgehead atoms. The highest BCUT2D eigenvalue weighted by Gasteiger charge is 2.17. The number of carboxylic acids is 2. The molecule has 7 heteroatoms. The Bertz CT molecular complexity index is 691. The summed E-state index contributed by atoms with van der Waals surface area (Å²) in [5, 5.41) is 18.1. The van der Waals surface area contributed by atoms with Crippen LogP contribution in [0.15, 0.2) is 48.5 Å². The Morgan fingerprint density at radius 2 is 1.48 bits per heavy atom. The van der Waals surface area contributed by atoms with Crippen molar-refractivity contribution < 1.29 is 19.8 Å². The second kappa shape index (κ2) is 9.55. The van der Waals surface area contributed by atoms with E-state index in [2.05, 4.69) is 15.9 Å². The van der Waals surface area contributed by atoms with Crippen molar-refractivity contribution in [3.05, 3.63) is 69.7 Å². The van der Waals surface area contributed by atoms with Gasteiger partial charge in [0.15, 0.2) is 0 Å². The number of hydrogen-bond donors (Lipinski definition) is 2. The largest absolute Gasteiger partial charge is 0.481 e. The molecule has 2 aromatic rings. The van der Waals surface area contributed by atoms with Crippen LogP contribution in [0.25, 0.3) is 0 Å². The lowest BCUT2D eigenvalue weighted by atomic mass is 10.1. The van der Waals surface area contributed by atoms with E-state index in [9.17, 15) is 9.59 Å². The fourth-order valence-electron chi connectivity index (χ4n) is 1.62. The van der Waals surface area contributed by atoms with Crippen LogP contribution in [0.1, 0.15) is 16.0 Å². The Morgan fingerprint density at radius 1 is 0.957 bits per heavy atom. The average Bonchev–Trinajstić information content (AvgIpc) is 2.49. The number of hydrogen-bond acceptors (Lipinski definition) is 2. The summed E-state index contributed by atoms with van der Waals surface area (Å²) in [6.07, 6.45) is -0.0142. The number of carbonyl (C=O) groups is 2. The Morgan fingerprint density at radius 3 is 1.96 bits per heavy atom. The molecule has 4 nitrogen and oxygen atoms in total. The molecule has 2 rings (SSSR count). The normalized spacial score (nSPS) is 11.1. The van der Waals surface area contributed by atoms with Gasteiger partial charge >= 0.3 is 11.9 Å². The molecule has 0 spiro atoms. The molecule has 0 aromatic heterocycles. The van der Waals surface area contributed by atoms with E-state index >= 15 is 0 Å². The first kappa shape index (κ1) is 19.5. The Kier molecular flexibility index (Phi) is 8.09. The lowest BCUT2D eigenvalue weighted by molar-refractivity contribution is -0.137. The van der Waals surface area contributed by atoms with Gasteiger partial charge in [0, 0.05) is 10.0 Å². The average molecular weight is 420 g/mol. The van der Waals surface area contributed by atoms with Gasteiger partial charge in [-0.15, -0.1) is 0 Å². The molecule has 0 amide bonds. The molecule has 1 atom stereocenters. The van der Waals surface area contributed by atoms with Crippen LogP contribution in [0.4, 0.5) is 0 Å². The molecule has 0 aliphatic rings. The predicted molar refractivity (Wildman–Crippen MR) is 93.5 cm³/mol. The molecule has 23 heavy (non-hydrogen) atoms. The number of benzene rings is 2. The van der Waals surface area contributed by atoms with E-state index in [0.717, 1.165) is 0 Å². The third kappa shape index (κ3) is 6.60. The van der Waals surface area contributed by atoms with Crippen LogP contribution in [-0.4, -0.2) is 22.2 Å². The molecule has 0 saturated carbocycles. The van der Waals surface area contributed by atoms with Gasteiger partial charge in [-0.1, -0.05) is 75.5 Å². The van der Waals surface area contributed by atoms with Crippen molar-refractivity contribution >= 4 is 51.1 Å². The van der Waals surface area contributed by atoms with Crippen molar-refractivity contribution in [2.75, 3.05) is 0 Å². The van der Waals surface area contributed by atoms with E-state index in [-0.39, 0.29) is 6.42 Å². The van der Waals surface area contributed by atoms with Gasteiger partial charge in [0.25, 0.3) is 0 Å². The van der Waals surface area contributed by atoms with Crippen LogP contribution in [0, 0.1) is 0 Å². The van der Waals surface area contributed by atoms with Crippen LogP contribution < -0.4 is 0 Å². The third-order valence-corrected chi connectivity index (χ3v) is 4.29. The molecular weight excluding hydrogens is 407 g/mol. The minimum Gasteiger partial charge on any atom is -0.481 e. The van der Waals surface area contributed by atoms with Gasteiger partial charge in [0.05, 0.1) is 6.42 Å². The van der Waals surface area contributed by atoms with E-state index in [4.69, 9.17) is 33.4 Å². The van der Waals surface area contributed by atoms with Gasteiger partial charge < -0.3 is 10.2 Å². The summed E-state index contributed by atoms with van der Waals surface area (Å²) < 4.78 is 0. The SMILES string of the molecule is O=C(O)C(Br)c1ccccc1Cl.O=C(O)Cc1ccccc1Cl. The van der Waals surface area contributed by atoms with Crippen LogP contribution >= 0.6 is 39.1 Å². The molecule has 0 saturated heterocycles. The topological polar surface area (TPSA) is 74.6 Å². The molecule has 1 unspecified atom stereocenters. The minimum absolute atomic E-state index is 0.0142. The summed E-state index contributed by atoms with van der Waals surface area (Å²) in [6.45, 7) is 0. The summed E-state index contributed by atoms with van der Waals surface area (Å²) in [7, 11) is 0. The van der Waals surface area contributed by atoms with Crippen molar-refractivity contribution in [1.82, 2.24) is 0 Å². The van der Waals surface area contributed by atoms with Crippen molar-refractivity contribution in [1.29, 1.82) is 0 Å². The van der Waals surface area contributed by atoms with E-state index < -0.39 is 16.8 Å². The van der Waals surface area contributed by atoms with Crippen molar-refractivity contribution in [2.24, 2.45) is 0 Å². The molecule has 0 fully saturated rings. The Labute approximate surface area is 151 Å². The van der Waals surface area contributed by atoms with E-state index in [0.29, 0.717) is 21.2 Å². The van der Waals surface area contributed by atoms with Gasteiger partial charge in [-0.25, -0.2) is 0 Å². The molecule has 2 N–H and O–H groups in total. The molecule has 2 aromatic carbocycles. The first-order valence-corrected chi connectivity index (χ1v) is 8.06. The summed E-state index contributed by atoms with van der Waals surface area (Å²) in [4.78, 5) is 20.1. The van der Waals surface area contributed by atoms with E-state index in [1.54, 1.807) is 48.5 Å². The highest BCUT2D eigenvalue weighted by molar-refractivity contribution is 9.09. The summed E-state index contributed by atoms with van der Waals surface area (Å²) in [5.41, 5.74) is 1.23. The summed E-state index contributed by atoms with van der Waals surface area (Å²) in [5.74, 6) is -1.80. The highest BCUT2D eigenvalue weighted by Crippen LogP contribution is 2.28. The summed E-state index contributed by atoms with van der Waals surface area (Å²) >= 11 is 14.5.